The third-order valence-electron chi connectivity index (χ3n) is 11.0. The Bertz CT molecular complexity index is 2070. The van der Waals surface area contributed by atoms with Crippen LogP contribution in [-0.4, -0.2) is 87.8 Å². The number of fused-ring (bicyclic) bond motifs is 2. The first-order valence-corrected chi connectivity index (χ1v) is 19.5. The second kappa shape index (κ2) is 16.7. The summed E-state index contributed by atoms with van der Waals surface area (Å²) < 4.78 is 1.91. The van der Waals surface area contributed by atoms with Crippen LogP contribution in [0.25, 0.3) is 5.65 Å². The van der Waals surface area contributed by atoms with Crippen LogP contribution >= 0.6 is 0 Å². The topological polar surface area (TPSA) is 170 Å². The van der Waals surface area contributed by atoms with Crippen molar-refractivity contribution in [3.05, 3.63) is 83.2 Å². The SMILES string of the molecule is CCCc1cc(NC2CCCC2)n2nccc2n1.CNC(=O)c1ccc(N2CCC(CNc3cccc4c3C(=O)N(C3CCC(=O)NC3=O)C4=O)CC2)cc1. The summed E-state index contributed by atoms with van der Waals surface area (Å²) in [5, 5.41) is 16.2. The molecule has 2 aromatic carbocycles. The van der Waals surface area contributed by atoms with Crippen molar-refractivity contribution in [2.24, 2.45) is 5.92 Å². The van der Waals surface area contributed by atoms with Crippen molar-refractivity contribution >= 4 is 52.4 Å². The minimum absolute atomic E-state index is 0.0891. The molecule has 4 N–H and O–H groups in total. The molecule has 4 aliphatic rings. The molecule has 3 aliphatic heterocycles. The molecule has 0 radical (unpaired) electrons. The molecule has 0 bridgehead atoms. The molecule has 288 valence electrons. The van der Waals surface area contributed by atoms with Gasteiger partial charge in [0.05, 0.1) is 17.3 Å². The average molecular weight is 748 g/mol. The van der Waals surface area contributed by atoms with Gasteiger partial charge in [0.1, 0.15) is 11.9 Å². The fourth-order valence-corrected chi connectivity index (χ4v) is 8.01. The number of hydrogen-bond acceptors (Lipinski definition) is 10. The van der Waals surface area contributed by atoms with Gasteiger partial charge < -0.3 is 20.9 Å². The van der Waals surface area contributed by atoms with Crippen molar-refractivity contribution in [2.75, 3.05) is 42.2 Å². The van der Waals surface area contributed by atoms with E-state index in [1.165, 1.54) is 25.7 Å². The van der Waals surface area contributed by atoms with Crippen LogP contribution in [-0.2, 0) is 16.0 Å². The molecule has 14 nitrogen and oxygen atoms in total. The summed E-state index contributed by atoms with van der Waals surface area (Å²) in [6.07, 6.45) is 11.3. The lowest BCUT2D eigenvalue weighted by atomic mass is 9.96. The van der Waals surface area contributed by atoms with E-state index in [-0.39, 0.29) is 29.9 Å². The Morgan fingerprint density at radius 3 is 2.40 bits per heavy atom. The number of rotatable bonds is 10. The maximum atomic E-state index is 13.3. The quantitative estimate of drug-likeness (QED) is 0.165. The Morgan fingerprint density at radius 2 is 1.69 bits per heavy atom. The van der Waals surface area contributed by atoms with E-state index in [2.05, 4.69) is 49.2 Å². The van der Waals surface area contributed by atoms with Crippen LogP contribution in [0, 0.1) is 5.92 Å². The molecule has 5 heterocycles. The number of benzene rings is 2. The number of nitrogens with zero attached hydrogens (tertiary/aromatic N) is 5. The Balaban J connectivity index is 0.000000215. The standard InChI is InChI=1S/C27H29N5O5.C14H20N4/c1-28-24(34)17-5-7-18(8-6-17)31-13-11-16(12-14-31)15-29-20-4-2-3-19-23(20)27(37)32(26(19)36)21-9-10-22(33)30-25(21)35;1-2-5-12-10-14(16-11-6-3-4-7-11)18-13(17-12)8-9-15-18/h2-8,16,21,29H,9-15H2,1H3,(H,28,34)(H,30,33,35);8-11,16H,2-7H2,1H3. The van der Waals surface area contributed by atoms with E-state index in [0.717, 1.165) is 66.5 Å². The molecule has 4 aromatic rings. The predicted octanol–water partition coefficient (Wildman–Crippen LogP) is 4.81. The van der Waals surface area contributed by atoms with E-state index in [1.807, 2.05) is 41.0 Å². The highest BCUT2D eigenvalue weighted by Gasteiger charge is 2.45. The summed E-state index contributed by atoms with van der Waals surface area (Å²) in [5.74, 6) is -0.649. The first kappa shape index (κ1) is 37.5. The molecule has 1 aliphatic carbocycles. The Morgan fingerprint density at radius 1 is 0.927 bits per heavy atom. The van der Waals surface area contributed by atoms with Gasteiger partial charge in [-0.1, -0.05) is 32.3 Å². The molecule has 3 fully saturated rings. The molecule has 2 aromatic heterocycles. The monoisotopic (exact) mass is 747 g/mol. The van der Waals surface area contributed by atoms with Gasteiger partial charge in [0, 0.05) is 73.9 Å². The van der Waals surface area contributed by atoms with Gasteiger partial charge in [0.15, 0.2) is 5.65 Å². The largest absolute Gasteiger partial charge is 0.384 e. The van der Waals surface area contributed by atoms with E-state index >= 15 is 0 Å². The summed E-state index contributed by atoms with van der Waals surface area (Å²) in [5.41, 5.74) is 4.95. The third kappa shape index (κ3) is 8.18. The number of amides is 5. The number of hydrogen-bond donors (Lipinski definition) is 4. The third-order valence-corrected chi connectivity index (χ3v) is 11.0. The number of anilines is 3. The Hall–Kier alpha value is -5.79. The van der Waals surface area contributed by atoms with Crippen LogP contribution in [0.15, 0.2) is 60.8 Å². The molecule has 14 heteroatoms. The first-order chi connectivity index (χ1) is 26.7. The fraction of sp³-hybridized carbons (Fsp3) is 0.439. The molecule has 55 heavy (non-hydrogen) atoms. The van der Waals surface area contributed by atoms with Crippen molar-refractivity contribution in [3.63, 3.8) is 0 Å². The van der Waals surface area contributed by atoms with Crippen LogP contribution in [0.1, 0.15) is 101 Å². The van der Waals surface area contributed by atoms with Gasteiger partial charge in [-0.15, -0.1) is 0 Å². The van der Waals surface area contributed by atoms with Crippen molar-refractivity contribution in [2.45, 2.75) is 83.2 Å². The number of aromatic nitrogens is 3. The predicted molar refractivity (Wildman–Crippen MR) is 209 cm³/mol. The summed E-state index contributed by atoms with van der Waals surface area (Å²) in [6.45, 7) is 4.59. The van der Waals surface area contributed by atoms with E-state index in [0.29, 0.717) is 29.8 Å². The highest BCUT2D eigenvalue weighted by atomic mass is 16.2. The zero-order valence-corrected chi connectivity index (χ0v) is 31.5. The lowest BCUT2D eigenvalue weighted by Gasteiger charge is -2.34. The molecule has 5 amide bonds. The minimum atomic E-state index is -0.979. The van der Waals surface area contributed by atoms with Gasteiger partial charge in [0.25, 0.3) is 17.7 Å². The van der Waals surface area contributed by atoms with Crippen molar-refractivity contribution < 1.29 is 24.0 Å². The number of carbonyl (C=O) groups excluding carboxylic acids is 5. The highest BCUT2D eigenvalue weighted by Crippen LogP contribution is 2.33. The normalized spacial score (nSPS) is 18.9. The zero-order valence-electron chi connectivity index (χ0n) is 31.5. The maximum absolute atomic E-state index is 13.3. The van der Waals surface area contributed by atoms with E-state index < -0.39 is 29.7 Å². The molecular weight excluding hydrogens is 699 g/mol. The number of carbonyl (C=O) groups is 5. The van der Waals surface area contributed by atoms with Crippen LogP contribution in [0.2, 0.25) is 0 Å². The maximum Gasteiger partial charge on any atom is 0.264 e. The molecule has 2 saturated heterocycles. The number of imide groups is 2. The van der Waals surface area contributed by atoms with Crippen molar-refractivity contribution in [1.29, 1.82) is 0 Å². The lowest BCUT2D eigenvalue weighted by Crippen LogP contribution is -2.54. The van der Waals surface area contributed by atoms with Crippen LogP contribution in [0.3, 0.4) is 0 Å². The smallest absolute Gasteiger partial charge is 0.264 e. The van der Waals surface area contributed by atoms with E-state index in [9.17, 15) is 24.0 Å². The second-order valence-electron chi connectivity index (χ2n) is 14.7. The summed E-state index contributed by atoms with van der Waals surface area (Å²) in [6, 6.07) is 16.4. The van der Waals surface area contributed by atoms with Gasteiger partial charge in [-0.3, -0.25) is 34.2 Å². The summed E-state index contributed by atoms with van der Waals surface area (Å²) in [7, 11) is 1.61. The van der Waals surface area contributed by atoms with E-state index in [4.69, 9.17) is 0 Å². The van der Waals surface area contributed by atoms with Crippen LogP contribution in [0.5, 0.6) is 0 Å². The first-order valence-electron chi connectivity index (χ1n) is 19.5. The van der Waals surface area contributed by atoms with Crippen molar-refractivity contribution in [1.82, 2.24) is 30.1 Å². The summed E-state index contributed by atoms with van der Waals surface area (Å²) >= 11 is 0. The van der Waals surface area contributed by atoms with E-state index in [1.54, 1.807) is 25.2 Å². The molecule has 1 atom stereocenters. The van der Waals surface area contributed by atoms with Gasteiger partial charge >= 0.3 is 0 Å². The van der Waals surface area contributed by atoms with Crippen LogP contribution < -0.4 is 26.2 Å². The number of piperidine rings is 2. The molecular formula is C41H49N9O5. The van der Waals surface area contributed by atoms with Crippen molar-refractivity contribution in [3.8, 4) is 0 Å². The zero-order chi connectivity index (χ0) is 38.5. The van der Waals surface area contributed by atoms with Gasteiger partial charge in [-0.2, -0.15) is 9.61 Å². The van der Waals surface area contributed by atoms with Gasteiger partial charge in [0.2, 0.25) is 11.8 Å². The molecule has 1 saturated carbocycles. The Kier molecular flexibility index (Phi) is 11.4. The number of nitrogens with one attached hydrogen (secondary N) is 4. The highest BCUT2D eigenvalue weighted by molar-refractivity contribution is 6.25. The Labute approximate surface area is 320 Å². The second-order valence-corrected chi connectivity index (χ2v) is 14.7. The molecule has 1 unspecified atom stereocenters. The van der Waals surface area contributed by atoms with Gasteiger partial charge in [-0.25, -0.2) is 4.98 Å². The molecule has 0 spiro atoms. The summed E-state index contributed by atoms with van der Waals surface area (Å²) in [4.78, 5) is 69.8. The fourth-order valence-electron chi connectivity index (χ4n) is 8.01. The van der Waals surface area contributed by atoms with Gasteiger partial charge in [-0.05, 0) is 80.8 Å². The van der Waals surface area contributed by atoms with Crippen LogP contribution in [0.4, 0.5) is 17.2 Å². The lowest BCUT2D eigenvalue weighted by molar-refractivity contribution is -0.136. The molecule has 8 rings (SSSR count). The average Bonchev–Trinajstić information content (AvgIpc) is 3.95. The number of aryl methyl sites for hydroxylation is 1. The minimum Gasteiger partial charge on any atom is -0.384 e.